The van der Waals surface area contributed by atoms with E-state index in [9.17, 15) is 9.59 Å². The highest BCUT2D eigenvalue weighted by Crippen LogP contribution is 2.18. The highest BCUT2D eigenvalue weighted by Gasteiger charge is 2.19. The first-order valence-corrected chi connectivity index (χ1v) is 5.98. The highest BCUT2D eigenvalue weighted by atomic mass is 16.4. The molecule has 0 atom stereocenters. The highest BCUT2D eigenvalue weighted by molar-refractivity contribution is 5.95. The standard InChI is InChI=1S/C13H16N2O3/c16-12-9-14-6-7-15(12)11-3-1-2-10(8-11)4-5-13(17)18/h1-3,8,14H,4-7,9H2,(H,17,18). The van der Waals surface area contributed by atoms with Gasteiger partial charge in [-0.3, -0.25) is 9.59 Å². The van der Waals surface area contributed by atoms with Crippen LogP contribution in [0.2, 0.25) is 0 Å². The van der Waals surface area contributed by atoms with Gasteiger partial charge in [0.2, 0.25) is 5.91 Å². The molecule has 1 amide bonds. The van der Waals surface area contributed by atoms with Gasteiger partial charge in [0.15, 0.2) is 0 Å². The number of amides is 1. The number of aliphatic carboxylic acids is 1. The number of benzene rings is 1. The van der Waals surface area contributed by atoms with E-state index in [1.165, 1.54) is 0 Å². The Balaban J connectivity index is 2.10. The number of carbonyl (C=O) groups is 2. The predicted octanol–water partition coefficient (Wildman–Crippen LogP) is 0.640. The minimum atomic E-state index is -0.807. The number of nitrogens with one attached hydrogen (secondary N) is 1. The minimum Gasteiger partial charge on any atom is -0.481 e. The normalized spacial score (nSPS) is 15.8. The van der Waals surface area contributed by atoms with Crippen LogP contribution in [0.4, 0.5) is 5.69 Å². The second-order valence-electron chi connectivity index (χ2n) is 4.29. The van der Waals surface area contributed by atoms with E-state index in [-0.39, 0.29) is 12.3 Å². The van der Waals surface area contributed by atoms with Crippen LogP contribution < -0.4 is 10.2 Å². The fraction of sp³-hybridized carbons (Fsp3) is 0.385. The van der Waals surface area contributed by atoms with Crippen LogP contribution in [-0.2, 0) is 16.0 Å². The summed E-state index contributed by atoms with van der Waals surface area (Å²) in [5.74, 6) is -0.754. The lowest BCUT2D eigenvalue weighted by molar-refractivity contribution is -0.137. The number of aryl methyl sites for hydroxylation is 1. The molecule has 0 aromatic heterocycles. The molecule has 1 aromatic carbocycles. The molecule has 1 fully saturated rings. The topological polar surface area (TPSA) is 69.6 Å². The van der Waals surface area contributed by atoms with E-state index >= 15 is 0 Å². The van der Waals surface area contributed by atoms with Gasteiger partial charge >= 0.3 is 5.97 Å². The van der Waals surface area contributed by atoms with Gasteiger partial charge in [-0.25, -0.2) is 0 Å². The Morgan fingerprint density at radius 3 is 3.00 bits per heavy atom. The quantitative estimate of drug-likeness (QED) is 0.820. The van der Waals surface area contributed by atoms with Crippen molar-refractivity contribution in [3.63, 3.8) is 0 Å². The van der Waals surface area contributed by atoms with E-state index < -0.39 is 5.97 Å². The van der Waals surface area contributed by atoms with Gasteiger partial charge in [-0.15, -0.1) is 0 Å². The lowest BCUT2D eigenvalue weighted by Crippen LogP contribution is -2.48. The fourth-order valence-electron chi connectivity index (χ4n) is 2.01. The molecule has 0 aliphatic carbocycles. The number of carboxylic acids is 1. The van der Waals surface area contributed by atoms with Crippen molar-refractivity contribution in [1.82, 2.24) is 5.32 Å². The number of piperazine rings is 1. The molecule has 0 radical (unpaired) electrons. The summed E-state index contributed by atoms with van der Waals surface area (Å²) in [4.78, 5) is 24.0. The van der Waals surface area contributed by atoms with Gasteiger partial charge in [0, 0.05) is 25.2 Å². The molecule has 18 heavy (non-hydrogen) atoms. The number of nitrogens with zero attached hydrogens (tertiary/aromatic N) is 1. The van der Waals surface area contributed by atoms with Gasteiger partial charge in [-0.2, -0.15) is 0 Å². The van der Waals surface area contributed by atoms with E-state index in [2.05, 4.69) is 5.32 Å². The summed E-state index contributed by atoms with van der Waals surface area (Å²) in [6, 6.07) is 7.53. The zero-order valence-electron chi connectivity index (χ0n) is 10.1. The predicted molar refractivity (Wildman–Crippen MR) is 67.6 cm³/mol. The van der Waals surface area contributed by atoms with Crippen molar-refractivity contribution >= 4 is 17.6 Å². The molecular formula is C13H16N2O3. The second kappa shape index (κ2) is 5.64. The smallest absolute Gasteiger partial charge is 0.303 e. The van der Waals surface area contributed by atoms with Crippen molar-refractivity contribution in [3.05, 3.63) is 29.8 Å². The third-order valence-electron chi connectivity index (χ3n) is 2.94. The lowest BCUT2D eigenvalue weighted by Gasteiger charge is -2.27. The Morgan fingerprint density at radius 2 is 2.28 bits per heavy atom. The van der Waals surface area contributed by atoms with Crippen molar-refractivity contribution in [2.75, 3.05) is 24.5 Å². The minimum absolute atomic E-state index is 0.0524. The van der Waals surface area contributed by atoms with Gasteiger partial charge in [0.05, 0.1) is 6.54 Å². The summed E-state index contributed by atoms with van der Waals surface area (Å²) in [5, 5.41) is 11.7. The van der Waals surface area contributed by atoms with Crippen molar-refractivity contribution in [3.8, 4) is 0 Å². The molecule has 1 heterocycles. The van der Waals surface area contributed by atoms with E-state index in [1.807, 2.05) is 24.3 Å². The molecule has 0 saturated carbocycles. The molecule has 0 spiro atoms. The van der Waals surface area contributed by atoms with E-state index in [0.29, 0.717) is 19.5 Å². The van der Waals surface area contributed by atoms with E-state index in [4.69, 9.17) is 5.11 Å². The van der Waals surface area contributed by atoms with Crippen LogP contribution in [0.3, 0.4) is 0 Å². The first kappa shape index (κ1) is 12.6. The molecule has 1 aliphatic rings. The largest absolute Gasteiger partial charge is 0.481 e. The molecular weight excluding hydrogens is 232 g/mol. The lowest BCUT2D eigenvalue weighted by atomic mass is 10.1. The third kappa shape index (κ3) is 3.07. The molecule has 2 rings (SSSR count). The Morgan fingerprint density at radius 1 is 1.44 bits per heavy atom. The van der Waals surface area contributed by atoms with Crippen LogP contribution in [0, 0.1) is 0 Å². The number of carboxylic acid groups (broad SMARTS) is 1. The van der Waals surface area contributed by atoms with Crippen molar-refractivity contribution in [2.45, 2.75) is 12.8 Å². The Kier molecular flexibility index (Phi) is 3.94. The molecule has 5 nitrogen and oxygen atoms in total. The molecule has 2 N–H and O–H groups in total. The molecule has 1 aromatic rings. The second-order valence-corrected chi connectivity index (χ2v) is 4.29. The van der Waals surface area contributed by atoms with Crippen LogP contribution in [0.25, 0.3) is 0 Å². The molecule has 1 aliphatic heterocycles. The molecule has 0 unspecified atom stereocenters. The molecule has 0 bridgehead atoms. The van der Waals surface area contributed by atoms with Crippen LogP contribution in [0.5, 0.6) is 0 Å². The van der Waals surface area contributed by atoms with E-state index in [0.717, 1.165) is 17.8 Å². The average Bonchev–Trinajstić information content (AvgIpc) is 2.37. The number of hydrogen-bond acceptors (Lipinski definition) is 3. The van der Waals surface area contributed by atoms with Crippen LogP contribution in [0.15, 0.2) is 24.3 Å². The first-order chi connectivity index (χ1) is 8.66. The number of carbonyl (C=O) groups excluding carboxylic acids is 1. The summed E-state index contributed by atoms with van der Waals surface area (Å²) in [7, 11) is 0. The summed E-state index contributed by atoms with van der Waals surface area (Å²) < 4.78 is 0. The summed E-state index contributed by atoms with van der Waals surface area (Å²) in [6.07, 6.45) is 0.600. The zero-order chi connectivity index (χ0) is 13.0. The van der Waals surface area contributed by atoms with Crippen LogP contribution in [0.1, 0.15) is 12.0 Å². The van der Waals surface area contributed by atoms with Gasteiger partial charge in [-0.05, 0) is 24.1 Å². The maximum absolute atomic E-state index is 11.7. The SMILES string of the molecule is O=C(O)CCc1cccc(N2CCNCC2=O)c1. The molecule has 1 saturated heterocycles. The third-order valence-corrected chi connectivity index (χ3v) is 2.94. The number of rotatable bonds is 4. The van der Waals surface area contributed by atoms with Crippen molar-refractivity contribution in [2.24, 2.45) is 0 Å². The van der Waals surface area contributed by atoms with E-state index in [1.54, 1.807) is 4.90 Å². The molecule has 5 heteroatoms. The maximum Gasteiger partial charge on any atom is 0.303 e. The Hall–Kier alpha value is -1.88. The number of anilines is 1. The monoisotopic (exact) mass is 248 g/mol. The summed E-state index contributed by atoms with van der Waals surface area (Å²) >= 11 is 0. The number of hydrogen-bond donors (Lipinski definition) is 2. The van der Waals surface area contributed by atoms with Crippen molar-refractivity contribution < 1.29 is 14.7 Å². The Labute approximate surface area is 105 Å². The molecule has 96 valence electrons. The first-order valence-electron chi connectivity index (χ1n) is 5.98. The van der Waals surface area contributed by atoms with Crippen LogP contribution >= 0.6 is 0 Å². The van der Waals surface area contributed by atoms with Gasteiger partial charge in [0.25, 0.3) is 0 Å². The van der Waals surface area contributed by atoms with Crippen LogP contribution in [-0.4, -0.2) is 36.6 Å². The average molecular weight is 248 g/mol. The zero-order valence-corrected chi connectivity index (χ0v) is 10.1. The fourth-order valence-corrected chi connectivity index (χ4v) is 2.01. The van der Waals surface area contributed by atoms with Gasteiger partial charge in [0.1, 0.15) is 0 Å². The van der Waals surface area contributed by atoms with Gasteiger partial charge < -0.3 is 15.3 Å². The maximum atomic E-state index is 11.7. The summed E-state index contributed by atoms with van der Waals surface area (Å²) in [5.41, 5.74) is 1.80. The van der Waals surface area contributed by atoms with Gasteiger partial charge in [-0.1, -0.05) is 12.1 Å². The Bertz CT molecular complexity index is 459. The van der Waals surface area contributed by atoms with Crippen molar-refractivity contribution in [1.29, 1.82) is 0 Å². The summed E-state index contributed by atoms with van der Waals surface area (Å²) in [6.45, 7) is 1.80.